The van der Waals surface area contributed by atoms with E-state index in [0.29, 0.717) is 26.2 Å². The molecule has 0 aromatic heterocycles. The number of piperazine rings is 1. The highest BCUT2D eigenvalue weighted by Gasteiger charge is 2.24. The zero-order valence-electron chi connectivity index (χ0n) is 15.3. The largest absolute Gasteiger partial charge is 0.371 e. The van der Waals surface area contributed by atoms with Gasteiger partial charge in [0.05, 0.1) is 0 Å². The van der Waals surface area contributed by atoms with E-state index < -0.39 is 0 Å². The number of fused-ring (bicyclic) bond motifs is 1. The smallest absolute Gasteiger partial charge is 0.253 e. The molecule has 0 N–H and O–H groups in total. The number of amides is 2. The van der Waals surface area contributed by atoms with E-state index in [1.54, 1.807) is 11.8 Å². The van der Waals surface area contributed by atoms with Crippen molar-refractivity contribution in [2.24, 2.45) is 0 Å². The van der Waals surface area contributed by atoms with Crippen LogP contribution in [0.1, 0.15) is 28.4 Å². The maximum absolute atomic E-state index is 12.9. The fraction of sp³-hybridized carbons (Fsp3) is 0.429. The second kappa shape index (κ2) is 6.98. The molecule has 2 amide bonds. The Morgan fingerprint density at radius 2 is 1.54 bits per heavy atom. The summed E-state index contributed by atoms with van der Waals surface area (Å²) in [4.78, 5) is 30.4. The van der Waals surface area contributed by atoms with Gasteiger partial charge in [0.25, 0.3) is 5.91 Å². The number of benzene rings is 1. The molecule has 2 aliphatic heterocycles. The summed E-state index contributed by atoms with van der Waals surface area (Å²) in [5.41, 5.74) is 4.74. The number of hydrogen-bond donors (Lipinski definition) is 0. The first-order chi connectivity index (χ1) is 12.6. The standard InChI is InChI=1S/C21H25N3O2/c1-16(25)22-11-13-24(14-12-22)21(26)19-6-5-17-7-9-23(20-3-2-4-20)10-8-18(17)15-19/h2-6,15H,7-14H2,1H3. The van der Waals surface area contributed by atoms with Crippen LogP contribution in [0.4, 0.5) is 0 Å². The van der Waals surface area contributed by atoms with Gasteiger partial charge in [-0.15, -0.1) is 0 Å². The maximum Gasteiger partial charge on any atom is 0.253 e. The van der Waals surface area contributed by atoms with E-state index >= 15 is 0 Å². The number of rotatable bonds is 2. The molecule has 4 rings (SSSR count). The van der Waals surface area contributed by atoms with Crippen LogP contribution in [-0.2, 0) is 17.6 Å². The Bertz CT molecular complexity index is 788. The van der Waals surface area contributed by atoms with E-state index in [-0.39, 0.29) is 11.8 Å². The molecule has 26 heavy (non-hydrogen) atoms. The van der Waals surface area contributed by atoms with Gasteiger partial charge in [-0.3, -0.25) is 9.59 Å². The lowest BCUT2D eigenvalue weighted by Crippen LogP contribution is -2.50. The van der Waals surface area contributed by atoms with Gasteiger partial charge in [0, 0.05) is 57.5 Å². The number of hydrogen-bond acceptors (Lipinski definition) is 3. The van der Waals surface area contributed by atoms with Crippen molar-refractivity contribution >= 4 is 11.8 Å². The van der Waals surface area contributed by atoms with Gasteiger partial charge >= 0.3 is 0 Å². The first kappa shape index (κ1) is 16.9. The van der Waals surface area contributed by atoms with Crippen LogP contribution >= 0.6 is 0 Å². The third-order valence-corrected chi connectivity index (χ3v) is 5.67. The highest BCUT2D eigenvalue weighted by molar-refractivity contribution is 5.94. The van der Waals surface area contributed by atoms with E-state index in [0.717, 1.165) is 31.5 Å². The predicted octanol–water partition coefficient (Wildman–Crippen LogP) is 1.85. The van der Waals surface area contributed by atoms with Gasteiger partial charge in [-0.25, -0.2) is 0 Å². The minimum atomic E-state index is 0.0849. The highest BCUT2D eigenvalue weighted by Crippen LogP contribution is 2.23. The minimum absolute atomic E-state index is 0.0849. The second-order valence-electron chi connectivity index (χ2n) is 7.22. The molecule has 1 aliphatic carbocycles. The average molecular weight is 351 g/mol. The van der Waals surface area contributed by atoms with Gasteiger partial charge in [-0.1, -0.05) is 12.1 Å². The molecule has 0 atom stereocenters. The lowest BCUT2D eigenvalue weighted by molar-refractivity contribution is -0.130. The summed E-state index contributed by atoms with van der Waals surface area (Å²) in [6, 6.07) is 6.18. The average Bonchev–Trinajstić information content (AvgIpc) is 2.82. The molecule has 3 aliphatic rings. The summed E-state index contributed by atoms with van der Waals surface area (Å²) in [7, 11) is 0. The van der Waals surface area contributed by atoms with Crippen LogP contribution in [0.5, 0.6) is 0 Å². The Hall–Kier alpha value is -2.56. The van der Waals surface area contributed by atoms with Gasteiger partial charge < -0.3 is 14.7 Å². The SMILES string of the molecule is CC(=O)N1CCN(C(=O)c2ccc3c(c2)CCN(C2=CC=C2)CC3)CC1. The molecular formula is C21H25N3O2. The molecule has 0 bridgehead atoms. The third-order valence-electron chi connectivity index (χ3n) is 5.67. The van der Waals surface area contributed by atoms with Crippen molar-refractivity contribution < 1.29 is 9.59 Å². The van der Waals surface area contributed by atoms with Crippen LogP contribution in [-0.4, -0.2) is 65.8 Å². The molecular weight excluding hydrogens is 326 g/mol. The molecule has 136 valence electrons. The third kappa shape index (κ3) is 3.26. The van der Waals surface area contributed by atoms with Crippen molar-refractivity contribution in [2.75, 3.05) is 39.3 Å². The number of allylic oxidation sites excluding steroid dienone is 3. The first-order valence-corrected chi connectivity index (χ1v) is 9.42. The molecule has 5 heteroatoms. The van der Waals surface area contributed by atoms with Gasteiger partial charge in [0.15, 0.2) is 0 Å². The van der Waals surface area contributed by atoms with E-state index in [2.05, 4.69) is 35.3 Å². The van der Waals surface area contributed by atoms with Crippen molar-refractivity contribution in [1.29, 1.82) is 0 Å². The van der Waals surface area contributed by atoms with Crippen LogP contribution in [0.25, 0.3) is 0 Å². The second-order valence-corrected chi connectivity index (χ2v) is 7.22. The van der Waals surface area contributed by atoms with Crippen molar-refractivity contribution in [3.05, 3.63) is 58.8 Å². The highest BCUT2D eigenvalue weighted by atomic mass is 16.2. The Morgan fingerprint density at radius 1 is 0.885 bits per heavy atom. The van der Waals surface area contributed by atoms with Gasteiger partial charge in [-0.05, 0) is 48.3 Å². The summed E-state index contributed by atoms with van der Waals surface area (Å²) in [6.45, 7) is 6.10. The lowest BCUT2D eigenvalue weighted by atomic mass is 9.99. The van der Waals surface area contributed by atoms with E-state index in [1.807, 2.05) is 11.0 Å². The number of nitrogens with zero attached hydrogens (tertiary/aromatic N) is 3. The van der Waals surface area contributed by atoms with E-state index in [4.69, 9.17) is 0 Å². The summed E-state index contributed by atoms with van der Waals surface area (Å²) in [6.07, 6.45) is 8.39. The fourth-order valence-electron chi connectivity index (χ4n) is 3.92. The van der Waals surface area contributed by atoms with Crippen LogP contribution in [0, 0.1) is 0 Å². The summed E-state index contributed by atoms with van der Waals surface area (Å²) >= 11 is 0. The zero-order valence-corrected chi connectivity index (χ0v) is 15.3. The molecule has 1 saturated heterocycles. The van der Waals surface area contributed by atoms with Crippen molar-refractivity contribution in [1.82, 2.24) is 14.7 Å². The zero-order chi connectivity index (χ0) is 18.1. The molecule has 0 radical (unpaired) electrons. The summed E-state index contributed by atoms with van der Waals surface area (Å²) < 4.78 is 0. The molecule has 1 aromatic carbocycles. The Labute approximate surface area is 154 Å². The Balaban J connectivity index is 1.43. The Kier molecular flexibility index (Phi) is 4.53. The molecule has 0 saturated carbocycles. The molecule has 0 unspecified atom stereocenters. The minimum Gasteiger partial charge on any atom is -0.371 e. The quantitative estimate of drug-likeness (QED) is 0.817. The molecule has 1 aromatic rings. The van der Waals surface area contributed by atoms with Gasteiger partial charge in [0.2, 0.25) is 5.91 Å². The molecule has 2 heterocycles. The number of carbonyl (C=O) groups excluding carboxylic acids is 2. The van der Waals surface area contributed by atoms with Crippen molar-refractivity contribution in [3.8, 4) is 0 Å². The summed E-state index contributed by atoms with van der Waals surface area (Å²) in [5, 5.41) is 0. The topological polar surface area (TPSA) is 43.9 Å². The van der Waals surface area contributed by atoms with Crippen LogP contribution < -0.4 is 0 Å². The van der Waals surface area contributed by atoms with Crippen molar-refractivity contribution in [3.63, 3.8) is 0 Å². The normalized spacial score (nSPS) is 19.4. The fourth-order valence-corrected chi connectivity index (χ4v) is 3.92. The number of carbonyl (C=O) groups is 2. The summed E-state index contributed by atoms with van der Waals surface area (Å²) in [5.74, 6) is 0.171. The molecule has 1 fully saturated rings. The Morgan fingerprint density at radius 3 is 2.15 bits per heavy atom. The first-order valence-electron chi connectivity index (χ1n) is 9.42. The van der Waals surface area contributed by atoms with Crippen LogP contribution in [0.2, 0.25) is 0 Å². The molecule has 5 nitrogen and oxygen atoms in total. The van der Waals surface area contributed by atoms with E-state index in [1.165, 1.54) is 16.8 Å². The van der Waals surface area contributed by atoms with Crippen molar-refractivity contribution in [2.45, 2.75) is 19.8 Å². The van der Waals surface area contributed by atoms with E-state index in [9.17, 15) is 9.59 Å². The lowest BCUT2D eigenvalue weighted by Gasteiger charge is -2.34. The van der Waals surface area contributed by atoms with Crippen LogP contribution in [0.3, 0.4) is 0 Å². The monoisotopic (exact) mass is 351 g/mol. The van der Waals surface area contributed by atoms with Gasteiger partial charge in [0.1, 0.15) is 0 Å². The maximum atomic E-state index is 12.9. The van der Waals surface area contributed by atoms with Crippen LogP contribution in [0.15, 0.2) is 42.1 Å². The van der Waals surface area contributed by atoms with Gasteiger partial charge in [-0.2, -0.15) is 0 Å². The molecule has 0 spiro atoms. The predicted molar refractivity (Wildman–Crippen MR) is 101 cm³/mol.